The lowest BCUT2D eigenvalue weighted by atomic mass is 10.2. The summed E-state index contributed by atoms with van der Waals surface area (Å²) in [6.45, 7) is 1.96. The van der Waals surface area contributed by atoms with Gasteiger partial charge < -0.3 is 14.5 Å². The number of pyridine rings is 1. The van der Waals surface area contributed by atoms with Crippen LogP contribution < -0.4 is 9.47 Å². The van der Waals surface area contributed by atoms with Gasteiger partial charge in [0.05, 0.1) is 25.3 Å². The summed E-state index contributed by atoms with van der Waals surface area (Å²) in [5.41, 5.74) is 3.66. The number of methoxy groups -OCH3 is 2. The van der Waals surface area contributed by atoms with E-state index in [1.54, 1.807) is 20.4 Å². The lowest BCUT2D eigenvalue weighted by Gasteiger charge is -2.06. The van der Waals surface area contributed by atoms with Gasteiger partial charge in [-0.15, -0.1) is 0 Å². The van der Waals surface area contributed by atoms with Gasteiger partial charge in [-0.3, -0.25) is 4.98 Å². The van der Waals surface area contributed by atoms with E-state index >= 15 is 0 Å². The van der Waals surface area contributed by atoms with Crippen molar-refractivity contribution in [2.45, 2.75) is 6.92 Å². The molecule has 2 heterocycles. The van der Waals surface area contributed by atoms with Crippen molar-refractivity contribution >= 4 is 11.0 Å². The van der Waals surface area contributed by atoms with E-state index in [1.165, 1.54) is 0 Å². The molecule has 0 atom stereocenters. The van der Waals surface area contributed by atoms with E-state index in [-0.39, 0.29) is 0 Å². The van der Waals surface area contributed by atoms with Crippen molar-refractivity contribution < 1.29 is 9.47 Å². The molecular formula is C15H15N3O2. The highest BCUT2D eigenvalue weighted by Crippen LogP contribution is 2.32. The Morgan fingerprint density at radius 3 is 2.55 bits per heavy atom. The van der Waals surface area contributed by atoms with Crippen LogP contribution in [0.25, 0.3) is 22.4 Å². The number of nitrogens with one attached hydrogen (secondary N) is 1. The molecule has 0 aliphatic heterocycles. The Kier molecular flexibility index (Phi) is 3.02. The average Bonchev–Trinajstić information content (AvgIpc) is 2.88. The fourth-order valence-corrected chi connectivity index (χ4v) is 2.20. The van der Waals surface area contributed by atoms with Crippen molar-refractivity contribution in [1.29, 1.82) is 0 Å². The highest BCUT2D eigenvalue weighted by atomic mass is 16.5. The third kappa shape index (κ3) is 1.97. The first-order valence-electron chi connectivity index (χ1n) is 6.26. The van der Waals surface area contributed by atoms with Gasteiger partial charge in [-0.2, -0.15) is 0 Å². The van der Waals surface area contributed by atoms with Gasteiger partial charge in [0.1, 0.15) is 5.82 Å². The molecule has 3 aromatic rings. The van der Waals surface area contributed by atoms with Gasteiger partial charge in [-0.05, 0) is 19.1 Å². The van der Waals surface area contributed by atoms with E-state index in [4.69, 9.17) is 9.47 Å². The third-order valence-corrected chi connectivity index (χ3v) is 3.25. The molecule has 5 nitrogen and oxygen atoms in total. The molecule has 0 saturated carbocycles. The second-order valence-corrected chi connectivity index (χ2v) is 4.45. The molecule has 2 aromatic heterocycles. The summed E-state index contributed by atoms with van der Waals surface area (Å²) in [5, 5.41) is 0. The van der Waals surface area contributed by atoms with E-state index in [2.05, 4.69) is 15.0 Å². The van der Waals surface area contributed by atoms with Crippen molar-refractivity contribution in [3.63, 3.8) is 0 Å². The maximum Gasteiger partial charge on any atom is 0.163 e. The van der Waals surface area contributed by atoms with Crippen LogP contribution in [0.3, 0.4) is 0 Å². The molecule has 102 valence electrons. The quantitative estimate of drug-likeness (QED) is 0.794. The lowest BCUT2D eigenvalue weighted by Crippen LogP contribution is -1.89. The predicted molar refractivity (Wildman–Crippen MR) is 77.2 cm³/mol. The summed E-state index contributed by atoms with van der Waals surface area (Å²) in [4.78, 5) is 12.2. The highest BCUT2D eigenvalue weighted by molar-refractivity contribution is 5.83. The zero-order valence-electron chi connectivity index (χ0n) is 11.6. The molecule has 0 aliphatic carbocycles. The molecule has 0 spiro atoms. The summed E-state index contributed by atoms with van der Waals surface area (Å²) in [7, 11) is 3.23. The summed E-state index contributed by atoms with van der Waals surface area (Å²) >= 11 is 0. The van der Waals surface area contributed by atoms with E-state index in [0.717, 1.165) is 28.1 Å². The van der Waals surface area contributed by atoms with Gasteiger partial charge in [0.25, 0.3) is 0 Å². The molecule has 0 saturated heterocycles. The fourth-order valence-electron chi connectivity index (χ4n) is 2.20. The largest absolute Gasteiger partial charge is 0.493 e. The molecule has 1 aromatic carbocycles. The molecule has 1 N–H and O–H groups in total. The number of H-pyrrole nitrogens is 1. The number of nitrogens with zero attached hydrogens (tertiary/aromatic N) is 2. The van der Waals surface area contributed by atoms with Crippen molar-refractivity contribution in [2.24, 2.45) is 0 Å². The highest BCUT2D eigenvalue weighted by Gasteiger charge is 2.12. The molecule has 5 heteroatoms. The Balaban J connectivity index is 2.18. The summed E-state index contributed by atoms with van der Waals surface area (Å²) in [6.07, 6.45) is 1.77. The zero-order valence-corrected chi connectivity index (χ0v) is 11.6. The van der Waals surface area contributed by atoms with Gasteiger partial charge >= 0.3 is 0 Å². The average molecular weight is 269 g/mol. The second-order valence-electron chi connectivity index (χ2n) is 4.45. The Morgan fingerprint density at radius 1 is 1.10 bits per heavy atom. The number of benzene rings is 1. The van der Waals surface area contributed by atoms with Gasteiger partial charge in [-0.1, -0.05) is 0 Å². The predicted octanol–water partition coefficient (Wildman–Crippen LogP) is 2.95. The van der Waals surface area contributed by atoms with E-state index < -0.39 is 0 Å². The smallest absolute Gasteiger partial charge is 0.163 e. The van der Waals surface area contributed by atoms with Crippen molar-refractivity contribution in [2.75, 3.05) is 14.2 Å². The van der Waals surface area contributed by atoms with E-state index in [9.17, 15) is 0 Å². The number of imidazole rings is 1. The van der Waals surface area contributed by atoms with Crippen LogP contribution in [0, 0.1) is 6.92 Å². The third-order valence-electron chi connectivity index (χ3n) is 3.25. The monoisotopic (exact) mass is 269 g/mol. The number of hydrogen-bond donors (Lipinski definition) is 1. The van der Waals surface area contributed by atoms with Crippen LogP contribution in [-0.4, -0.2) is 29.2 Å². The van der Waals surface area contributed by atoms with Crippen molar-refractivity contribution in [1.82, 2.24) is 15.0 Å². The molecular weight excluding hydrogens is 254 g/mol. The SMILES string of the molecule is COc1cc2nc(-c3cccnc3C)[nH]c2cc1OC. The first-order chi connectivity index (χ1) is 9.72. The summed E-state index contributed by atoms with van der Waals surface area (Å²) < 4.78 is 10.6. The number of ether oxygens (including phenoxy) is 2. The molecule has 0 unspecified atom stereocenters. The molecule has 20 heavy (non-hydrogen) atoms. The summed E-state index contributed by atoms with van der Waals surface area (Å²) in [6, 6.07) is 7.64. The number of hydrogen-bond acceptors (Lipinski definition) is 4. The van der Waals surface area contributed by atoms with Crippen molar-refractivity contribution in [3.05, 3.63) is 36.2 Å². The zero-order chi connectivity index (χ0) is 14.1. The standard InChI is InChI=1S/C15H15N3O2/c1-9-10(5-4-6-16-9)15-17-11-7-13(19-2)14(20-3)8-12(11)18-15/h4-8H,1-3H3,(H,17,18). The van der Waals surface area contributed by atoms with Crippen LogP contribution in [0.15, 0.2) is 30.5 Å². The Morgan fingerprint density at radius 2 is 1.85 bits per heavy atom. The maximum absolute atomic E-state index is 5.30. The molecule has 3 rings (SSSR count). The van der Waals surface area contributed by atoms with E-state index in [1.807, 2.05) is 31.2 Å². The van der Waals surface area contributed by atoms with Crippen LogP contribution in [0.4, 0.5) is 0 Å². The minimum absolute atomic E-state index is 0.668. The summed E-state index contributed by atoms with van der Waals surface area (Å²) in [5.74, 6) is 2.14. The number of fused-ring (bicyclic) bond motifs is 1. The van der Waals surface area contributed by atoms with Crippen LogP contribution >= 0.6 is 0 Å². The van der Waals surface area contributed by atoms with Gasteiger partial charge in [0.15, 0.2) is 11.5 Å². The van der Waals surface area contributed by atoms with Crippen LogP contribution in [0.1, 0.15) is 5.69 Å². The normalized spacial score (nSPS) is 10.8. The maximum atomic E-state index is 5.30. The number of aromatic amines is 1. The van der Waals surface area contributed by atoms with Crippen LogP contribution in [-0.2, 0) is 0 Å². The molecule has 0 bridgehead atoms. The topological polar surface area (TPSA) is 60.0 Å². The number of rotatable bonds is 3. The fraction of sp³-hybridized carbons (Fsp3) is 0.200. The van der Waals surface area contributed by atoms with E-state index in [0.29, 0.717) is 11.5 Å². The Bertz CT molecular complexity index is 724. The minimum atomic E-state index is 0.668. The number of aromatic nitrogens is 3. The molecule has 0 amide bonds. The second kappa shape index (κ2) is 4.85. The molecule has 0 fully saturated rings. The van der Waals surface area contributed by atoms with Gasteiger partial charge in [-0.25, -0.2) is 4.98 Å². The van der Waals surface area contributed by atoms with Gasteiger partial charge in [0, 0.05) is 29.6 Å². The number of aryl methyl sites for hydroxylation is 1. The molecule has 0 aliphatic rings. The van der Waals surface area contributed by atoms with Gasteiger partial charge in [0.2, 0.25) is 0 Å². The first kappa shape index (κ1) is 12.5. The van der Waals surface area contributed by atoms with Crippen LogP contribution in [0.5, 0.6) is 11.5 Å². The van der Waals surface area contributed by atoms with Crippen LogP contribution in [0.2, 0.25) is 0 Å². The lowest BCUT2D eigenvalue weighted by molar-refractivity contribution is 0.356. The molecule has 0 radical (unpaired) electrons. The Hall–Kier alpha value is -2.56. The Labute approximate surface area is 116 Å². The van der Waals surface area contributed by atoms with Crippen molar-refractivity contribution in [3.8, 4) is 22.9 Å². The minimum Gasteiger partial charge on any atom is -0.493 e. The first-order valence-corrected chi connectivity index (χ1v) is 6.26.